The Labute approximate surface area is 182 Å². The number of rotatable bonds is 9. The summed E-state index contributed by atoms with van der Waals surface area (Å²) in [6.45, 7) is 3.75. The van der Waals surface area contributed by atoms with Crippen molar-refractivity contribution < 1.29 is 4.79 Å². The third-order valence-corrected chi connectivity index (χ3v) is 8.49. The van der Waals surface area contributed by atoms with Crippen molar-refractivity contribution in [1.29, 1.82) is 0 Å². The van der Waals surface area contributed by atoms with Gasteiger partial charge < -0.3 is 10.2 Å². The minimum atomic E-state index is -0.0367. The second kappa shape index (κ2) is 11.8. The molecule has 1 aromatic carbocycles. The molecule has 0 saturated heterocycles. The number of carbonyl (C=O) groups excluding carboxylic acids is 1. The monoisotopic (exact) mass is 448 g/mol. The molecular weight excluding hydrogens is 419 g/mol. The summed E-state index contributed by atoms with van der Waals surface area (Å²) < 4.78 is 0. The molecule has 7 heteroatoms. The molecule has 1 saturated carbocycles. The molecule has 152 valence electrons. The number of halogens is 2. The van der Waals surface area contributed by atoms with Gasteiger partial charge in [0, 0.05) is 27.0 Å². The normalized spacial score (nSPS) is 21.3. The summed E-state index contributed by atoms with van der Waals surface area (Å²) in [6.07, 6.45) is 5.75. The first kappa shape index (κ1) is 23.2. The fraction of sp³-hybridized carbons (Fsp3) is 0.650. The highest BCUT2D eigenvalue weighted by Crippen LogP contribution is 2.43. The fourth-order valence-electron chi connectivity index (χ4n) is 3.16. The van der Waals surface area contributed by atoms with Gasteiger partial charge in [-0.25, -0.2) is 0 Å². The van der Waals surface area contributed by atoms with Gasteiger partial charge in [-0.3, -0.25) is 4.79 Å². The zero-order valence-corrected chi connectivity index (χ0v) is 19.5. The summed E-state index contributed by atoms with van der Waals surface area (Å²) in [5.41, 5.74) is 0. The minimum absolute atomic E-state index is 0.0367. The van der Waals surface area contributed by atoms with Crippen LogP contribution in [0.25, 0.3) is 0 Å². The van der Waals surface area contributed by atoms with Crippen LogP contribution in [-0.4, -0.2) is 53.7 Å². The maximum absolute atomic E-state index is 12.4. The number of amides is 1. The van der Waals surface area contributed by atoms with Crippen LogP contribution in [0.1, 0.15) is 39.0 Å². The van der Waals surface area contributed by atoms with Crippen molar-refractivity contribution in [3.05, 3.63) is 28.2 Å². The second-order valence-corrected chi connectivity index (χ2v) is 11.0. The predicted molar refractivity (Wildman–Crippen MR) is 122 cm³/mol. The Hall–Kier alpha value is -0.0700. The SMILES string of the molecule is CC(SC1CCCCC1Sc1cc(Cl)ccc1Cl)C(=O)NCCCN(C)C. The summed E-state index contributed by atoms with van der Waals surface area (Å²) in [4.78, 5) is 15.6. The van der Waals surface area contributed by atoms with Crippen LogP contribution < -0.4 is 5.32 Å². The Morgan fingerprint density at radius 3 is 2.67 bits per heavy atom. The number of thioether (sulfide) groups is 2. The van der Waals surface area contributed by atoms with Gasteiger partial charge in [0.25, 0.3) is 0 Å². The van der Waals surface area contributed by atoms with Crippen LogP contribution in [0, 0.1) is 0 Å². The van der Waals surface area contributed by atoms with Crippen molar-refractivity contribution in [1.82, 2.24) is 10.2 Å². The van der Waals surface area contributed by atoms with Crippen LogP contribution in [0.5, 0.6) is 0 Å². The van der Waals surface area contributed by atoms with Crippen molar-refractivity contribution in [2.75, 3.05) is 27.2 Å². The van der Waals surface area contributed by atoms with E-state index < -0.39 is 0 Å². The van der Waals surface area contributed by atoms with E-state index in [1.807, 2.05) is 62.7 Å². The van der Waals surface area contributed by atoms with E-state index in [4.69, 9.17) is 23.2 Å². The van der Waals surface area contributed by atoms with Gasteiger partial charge in [0.05, 0.1) is 10.3 Å². The smallest absolute Gasteiger partial charge is 0.232 e. The molecule has 2 rings (SSSR count). The molecule has 3 nitrogen and oxygen atoms in total. The first-order chi connectivity index (χ1) is 12.9. The van der Waals surface area contributed by atoms with Gasteiger partial charge in [0.2, 0.25) is 5.91 Å². The third-order valence-electron chi connectivity index (χ3n) is 4.64. The molecule has 0 spiro atoms. The molecule has 3 unspecified atom stereocenters. The zero-order chi connectivity index (χ0) is 19.8. The summed E-state index contributed by atoms with van der Waals surface area (Å²) >= 11 is 16.1. The van der Waals surface area contributed by atoms with E-state index in [9.17, 15) is 4.79 Å². The molecule has 27 heavy (non-hydrogen) atoms. The lowest BCUT2D eigenvalue weighted by Gasteiger charge is -2.32. The van der Waals surface area contributed by atoms with Crippen LogP contribution >= 0.6 is 46.7 Å². The van der Waals surface area contributed by atoms with Crippen LogP contribution in [0.4, 0.5) is 0 Å². The molecule has 0 heterocycles. The first-order valence-electron chi connectivity index (χ1n) is 9.56. The summed E-state index contributed by atoms with van der Waals surface area (Å²) in [5, 5.41) is 5.43. The number of hydrogen-bond acceptors (Lipinski definition) is 4. The van der Waals surface area contributed by atoms with Crippen molar-refractivity contribution in [3.63, 3.8) is 0 Å². The van der Waals surface area contributed by atoms with E-state index in [-0.39, 0.29) is 11.2 Å². The van der Waals surface area contributed by atoms with Gasteiger partial charge in [-0.15, -0.1) is 23.5 Å². The highest BCUT2D eigenvalue weighted by Gasteiger charge is 2.30. The van der Waals surface area contributed by atoms with Gasteiger partial charge in [-0.2, -0.15) is 0 Å². The van der Waals surface area contributed by atoms with E-state index >= 15 is 0 Å². The number of carbonyl (C=O) groups is 1. The number of benzene rings is 1. The molecular formula is C20H30Cl2N2OS2. The zero-order valence-electron chi connectivity index (χ0n) is 16.3. The average molecular weight is 450 g/mol. The van der Waals surface area contributed by atoms with E-state index in [1.54, 1.807) is 0 Å². The maximum atomic E-state index is 12.4. The molecule has 1 fully saturated rings. The van der Waals surface area contributed by atoms with E-state index in [1.165, 1.54) is 12.8 Å². The van der Waals surface area contributed by atoms with E-state index in [2.05, 4.69) is 10.2 Å². The Morgan fingerprint density at radius 1 is 1.26 bits per heavy atom. The van der Waals surface area contributed by atoms with Crippen LogP contribution in [0.15, 0.2) is 23.1 Å². The summed E-state index contributed by atoms with van der Waals surface area (Å²) in [6, 6.07) is 5.64. The Bertz CT molecular complexity index is 616. The lowest BCUT2D eigenvalue weighted by Crippen LogP contribution is -2.35. The van der Waals surface area contributed by atoms with Crippen LogP contribution in [0.2, 0.25) is 10.0 Å². The summed E-state index contributed by atoms with van der Waals surface area (Å²) in [7, 11) is 4.10. The molecule has 1 aromatic rings. The molecule has 0 radical (unpaired) electrons. The molecule has 1 N–H and O–H groups in total. The van der Waals surface area contributed by atoms with Gasteiger partial charge in [-0.1, -0.05) is 36.0 Å². The molecule has 3 atom stereocenters. The van der Waals surface area contributed by atoms with Crippen LogP contribution in [-0.2, 0) is 4.79 Å². The van der Waals surface area contributed by atoms with Crippen molar-refractivity contribution in [2.24, 2.45) is 0 Å². The molecule has 0 bridgehead atoms. The average Bonchev–Trinajstić information content (AvgIpc) is 2.63. The minimum Gasteiger partial charge on any atom is -0.355 e. The quantitative estimate of drug-likeness (QED) is 0.499. The first-order valence-corrected chi connectivity index (χ1v) is 12.1. The largest absolute Gasteiger partial charge is 0.355 e. The lowest BCUT2D eigenvalue weighted by atomic mass is 10.00. The van der Waals surface area contributed by atoms with Crippen LogP contribution in [0.3, 0.4) is 0 Å². The van der Waals surface area contributed by atoms with Crippen molar-refractivity contribution in [3.8, 4) is 0 Å². The Morgan fingerprint density at radius 2 is 1.96 bits per heavy atom. The maximum Gasteiger partial charge on any atom is 0.232 e. The lowest BCUT2D eigenvalue weighted by molar-refractivity contribution is -0.120. The molecule has 0 aromatic heterocycles. The highest BCUT2D eigenvalue weighted by atomic mass is 35.5. The third kappa shape index (κ3) is 8.06. The Kier molecular flexibility index (Phi) is 10.2. The second-order valence-electron chi connectivity index (χ2n) is 7.28. The molecule has 1 aliphatic rings. The molecule has 0 aliphatic heterocycles. The van der Waals surface area contributed by atoms with E-state index in [0.717, 1.165) is 42.3 Å². The van der Waals surface area contributed by atoms with Crippen molar-refractivity contribution >= 4 is 52.6 Å². The molecule has 1 amide bonds. The Balaban J connectivity index is 1.88. The van der Waals surface area contributed by atoms with Gasteiger partial charge >= 0.3 is 0 Å². The van der Waals surface area contributed by atoms with Gasteiger partial charge in [-0.05, 0) is 65.0 Å². The number of nitrogens with one attached hydrogen (secondary N) is 1. The topological polar surface area (TPSA) is 32.3 Å². The summed E-state index contributed by atoms with van der Waals surface area (Å²) in [5.74, 6) is 0.147. The standard InChI is InChI=1S/C20H30Cl2N2OS2/c1-14(20(25)23-11-6-12-24(2)3)26-17-7-4-5-8-18(17)27-19-13-15(21)9-10-16(19)22/h9-10,13-14,17-18H,4-8,11-12H2,1-3H3,(H,23,25). The van der Waals surface area contributed by atoms with Gasteiger partial charge in [0.1, 0.15) is 0 Å². The fourth-order valence-corrected chi connectivity index (χ4v) is 6.63. The van der Waals surface area contributed by atoms with E-state index in [0.29, 0.717) is 15.5 Å². The molecule has 1 aliphatic carbocycles. The number of nitrogens with zero attached hydrogens (tertiary/aromatic N) is 1. The van der Waals surface area contributed by atoms with Gasteiger partial charge in [0.15, 0.2) is 0 Å². The van der Waals surface area contributed by atoms with Crippen molar-refractivity contribution in [2.45, 2.75) is 59.7 Å². The highest BCUT2D eigenvalue weighted by molar-refractivity contribution is 8.04. The predicted octanol–water partition coefficient (Wildman–Crippen LogP) is 5.59. The number of hydrogen-bond donors (Lipinski definition) is 1.